The van der Waals surface area contributed by atoms with E-state index in [0.29, 0.717) is 4.21 Å². The van der Waals surface area contributed by atoms with Crippen LogP contribution in [0.4, 0.5) is 0 Å². The minimum Gasteiger partial charge on any atom is -0.206 e. The summed E-state index contributed by atoms with van der Waals surface area (Å²) < 4.78 is 27.9. The number of rotatable bonds is 3. The molecule has 3 nitrogen and oxygen atoms in total. The van der Waals surface area contributed by atoms with Gasteiger partial charge in [0, 0.05) is 5.54 Å². The summed E-state index contributed by atoms with van der Waals surface area (Å²) >= 11 is 4.59. The second kappa shape index (κ2) is 3.55. The van der Waals surface area contributed by atoms with Crippen LogP contribution in [0.1, 0.15) is 25.3 Å². The second-order valence-electron chi connectivity index (χ2n) is 4.19. The SMILES string of the molecule is Cc1cc(S(=O)(=O)NC2(C)CC2)sc1Br. The van der Waals surface area contributed by atoms with Crippen molar-refractivity contribution in [1.82, 2.24) is 4.72 Å². The Bertz CT molecular complexity index is 469. The summed E-state index contributed by atoms with van der Waals surface area (Å²) in [6, 6.07) is 1.70. The Morgan fingerprint density at radius 2 is 2.13 bits per heavy atom. The molecule has 1 saturated carbocycles. The van der Waals surface area contributed by atoms with E-state index in [1.54, 1.807) is 6.07 Å². The highest BCUT2D eigenvalue weighted by Gasteiger charge is 2.41. The quantitative estimate of drug-likeness (QED) is 0.933. The van der Waals surface area contributed by atoms with Crippen LogP contribution in [0.5, 0.6) is 0 Å². The van der Waals surface area contributed by atoms with E-state index in [2.05, 4.69) is 20.7 Å². The number of aryl methyl sites for hydroxylation is 1. The Morgan fingerprint density at radius 1 is 1.53 bits per heavy atom. The number of hydrogen-bond donors (Lipinski definition) is 1. The van der Waals surface area contributed by atoms with Crippen molar-refractivity contribution in [2.45, 2.75) is 36.4 Å². The lowest BCUT2D eigenvalue weighted by Gasteiger charge is -2.10. The highest BCUT2D eigenvalue weighted by Crippen LogP contribution is 2.37. The van der Waals surface area contributed by atoms with Crippen LogP contribution < -0.4 is 4.72 Å². The maximum Gasteiger partial charge on any atom is 0.250 e. The van der Waals surface area contributed by atoms with Crippen LogP contribution in [0.15, 0.2) is 14.1 Å². The molecule has 1 heterocycles. The minimum atomic E-state index is -3.32. The van der Waals surface area contributed by atoms with Crippen molar-refractivity contribution < 1.29 is 8.42 Å². The van der Waals surface area contributed by atoms with Gasteiger partial charge in [-0.25, -0.2) is 13.1 Å². The van der Waals surface area contributed by atoms with Gasteiger partial charge in [0.2, 0.25) is 0 Å². The predicted octanol–water partition coefficient (Wildman–Crippen LogP) is 2.65. The third-order valence-electron chi connectivity index (χ3n) is 2.48. The molecule has 1 N–H and O–H groups in total. The maximum atomic E-state index is 11.9. The van der Waals surface area contributed by atoms with E-state index in [1.807, 2.05) is 13.8 Å². The molecule has 15 heavy (non-hydrogen) atoms. The van der Waals surface area contributed by atoms with Gasteiger partial charge in [0.15, 0.2) is 0 Å². The van der Waals surface area contributed by atoms with Gasteiger partial charge in [-0.3, -0.25) is 0 Å². The fourth-order valence-corrected chi connectivity index (χ4v) is 4.92. The summed E-state index contributed by atoms with van der Waals surface area (Å²) in [6.45, 7) is 3.82. The molecule has 0 bridgehead atoms. The Balaban J connectivity index is 2.29. The summed E-state index contributed by atoms with van der Waals surface area (Å²) in [5.41, 5.74) is 0.754. The number of nitrogens with one attached hydrogen (secondary N) is 1. The van der Waals surface area contributed by atoms with Gasteiger partial charge in [-0.05, 0) is 54.2 Å². The molecule has 84 valence electrons. The number of sulfonamides is 1. The Labute approximate surface area is 102 Å². The van der Waals surface area contributed by atoms with E-state index in [0.717, 1.165) is 22.2 Å². The number of thiophene rings is 1. The molecule has 1 aromatic rings. The molecule has 0 amide bonds. The van der Waals surface area contributed by atoms with Gasteiger partial charge in [0.05, 0.1) is 3.79 Å². The van der Waals surface area contributed by atoms with E-state index < -0.39 is 10.0 Å². The molecule has 1 fully saturated rings. The normalized spacial score (nSPS) is 19.1. The van der Waals surface area contributed by atoms with E-state index in [4.69, 9.17) is 0 Å². The molecule has 0 unspecified atom stereocenters. The first-order valence-electron chi connectivity index (χ1n) is 4.62. The zero-order valence-corrected chi connectivity index (χ0v) is 11.7. The lowest BCUT2D eigenvalue weighted by molar-refractivity contribution is 0.560. The zero-order chi connectivity index (χ0) is 11.3. The summed E-state index contributed by atoms with van der Waals surface area (Å²) in [5, 5.41) is 0. The summed E-state index contributed by atoms with van der Waals surface area (Å²) in [4.78, 5) is 0. The molecular weight excluding hydrogens is 298 g/mol. The van der Waals surface area contributed by atoms with Crippen molar-refractivity contribution in [2.24, 2.45) is 0 Å². The van der Waals surface area contributed by atoms with Crippen molar-refractivity contribution >= 4 is 37.3 Å². The fourth-order valence-electron chi connectivity index (χ4n) is 1.23. The van der Waals surface area contributed by atoms with Crippen molar-refractivity contribution in [2.75, 3.05) is 0 Å². The van der Waals surface area contributed by atoms with E-state index in [9.17, 15) is 8.42 Å². The van der Waals surface area contributed by atoms with Crippen molar-refractivity contribution in [3.63, 3.8) is 0 Å². The highest BCUT2D eigenvalue weighted by atomic mass is 79.9. The standard InChI is InChI=1S/C9H12BrNO2S2/c1-6-5-7(14-8(6)10)15(12,13)11-9(2)3-4-9/h5,11H,3-4H2,1-2H3. The average molecular weight is 310 g/mol. The second-order valence-corrected chi connectivity index (χ2v) is 8.47. The smallest absolute Gasteiger partial charge is 0.206 e. The van der Waals surface area contributed by atoms with Crippen LogP contribution in [0.2, 0.25) is 0 Å². The van der Waals surface area contributed by atoms with E-state index >= 15 is 0 Å². The fraction of sp³-hybridized carbons (Fsp3) is 0.556. The lowest BCUT2D eigenvalue weighted by Crippen LogP contribution is -2.33. The maximum absolute atomic E-state index is 11.9. The van der Waals surface area contributed by atoms with Crippen LogP contribution >= 0.6 is 27.3 Å². The van der Waals surface area contributed by atoms with Gasteiger partial charge in [-0.15, -0.1) is 11.3 Å². The molecule has 1 aliphatic carbocycles. The van der Waals surface area contributed by atoms with Gasteiger partial charge in [-0.2, -0.15) is 0 Å². The Hall–Kier alpha value is 0.0900. The van der Waals surface area contributed by atoms with Crippen molar-refractivity contribution in [3.05, 3.63) is 15.4 Å². The molecular formula is C9H12BrNO2S2. The number of hydrogen-bond acceptors (Lipinski definition) is 3. The molecule has 0 spiro atoms. The molecule has 2 rings (SSSR count). The third kappa shape index (κ3) is 2.43. The van der Waals surface area contributed by atoms with Gasteiger partial charge in [0.25, 0.3) is 10.0 Å². The minimum absolute atomic E-state index is 0.205. The first-order valence-corrected chi connectivity index (χ1v) is 7.72. The summed E-state index contributed by atoms with van der Waals surface area (Å²) in [5.74, 6) is 0. The Kier molecular flexibility index (Phi) is 2.74. The van der Waals surface area contributed by atoms with Crippen molar-refractivity contribution in [1.29, 1.82) is 0 Å². The predicted molar refractivity (Wildman–Crippen MR) is 64.7 cm³/mol. The largest absolute Gasteiger partial charge is 0.250 e. The van der Waals surface area contributed by atoms with Gasteiger partial charge in [-0.1, -0.05) is 0 Å². The lowest BCUT2D eigenvalue weighted by atomic mass is 10.4. The van der Waals surface area contributed by atoms with Crippen LogP contribution in [-0.4, -0.2) is 14.0 Å². The van der Waals surface area contributed by atoms with Crippen LogP contribution in [0.3, 0.4) is 0 Å². The number of halogens is 1. The van der Waals surface area contributed by atoms with E-state index in [1.165, 1.54) is 11.3 Å². The first kappa shape index (κ1) is 11.6. The van der Waals surface area contributed by atoms with Crippen LogP contribution in [0, 0.1) is 6.92 Å². The third-order valence-corrected chi connectivity index (χ3v) is 6.73. The van der Waals surface area contributed by atoms with Gasteiger partial charge in [0.1, 0.15) is 4.21 Å². The molecule has 0 aromatic carbocycles. The first-order chi connectivity index (χ1) is 6.82. The van der Waals surface area contributed by atoms with Crippen molar-refractivity contribution in [3.8, 4) is 0 Å². The molecule has 0 aliphatic heterocycles. The molecule has 0 atom stereocenters. The van der Waals surface area contributed by atoms with Gasteiger partial charge >= 0.3 is 0 Å². The molecule has 0 radical (unpaired) electrons. The zero-order valence-electron chi connectivity index (χ0n) is 8.50. The summed E-state index contributed by atoms with van der Waals surface area (Å²) in [6.07, 6.45) is 1.86. The monoisotopic (exact) mass is 309 g/mol. The average Bonchev–Trinajstić information content (AvgIpc) is 2.69. The van der Waals surface area contributed by atoms with Gasteiger partial charge < -0.3 is 0 Å². The molecule has 1 aromatic heterocycles. The molecule has 0 saturated heterocycles. The topological polar surface area (TPSA) is 46.2 Å². The van der Waals surface area contributed by atoms with Crippen LogP contribution in [0.25, 0.3) is 0 Å². The summed E-state index contributed by atoms with van der Waals surface area (Å²) in [7, 11) is -3.32. The molecule has 1 aliphatic rings. The van der Waals surface area contributed by atoms with E-state index in [-0.39, 0.29) is 5.54 Å². The highest BCUT2D eigenvalue weighted by molar-refractivity contribution is 9.11. The Morgan fingerprint density at radius 3 is 2.53 bits per heavy atom. The van der Waals surface area contributed by atoms with Crippen LogP contribution in [-0.2, 0) is 10.0 Å². The molecule has 6 heteroatoms.